The van der Waals surface area contributed by atoms with E-state index >= 15 is 8.78 Å². The summed E-state index contributed by atoms with van der Waals surface area (Å²) in [6.07, 6.45) is 24.9. The molecule has 129 heavy (non-hydrogen) atoms. The van der Waals surface area contributed by atoms with Gasteiger partial charge in [-0.05, 0) is 304 Å². The highest BCUT2D eigenvalue weighted by Gasteiger charge is 2.64. The second-order valence-electron chi connectivity index (χ2n) is 41.5. The first-order valence-electron chi connectivity index (χ1n) is 47.6. The Bertz CT molecular complexity index is 4910. The minimum absolute atomic E-state index is 0.000535. The minimum atomic E-state index is -2.19. The van der Waals surface area contributed by atoms with Crippen LogP contribution in [0.3, 0.4) is 0 Å². The van der Waals surface area contributed by atoms with Crippen molar-refractivity contribution in [2.45, 2.75) is 367 Å². The molecule has 9 saturated carbocycles. The third-order valence-corrected chi connectivity index (χ3v) is 43.9. The van der Waals surface area contributed by atoms with Crippen LogP contribution < -0.4 is 0 Å². The number of hydrogen-bond acceptors (Lipinski definition) is 12. The number of carbonyl (C=O) groups excluding carboxylic acids is 5. The van der Waals surface area contributed by atoms with E-state index in [9.17, 15) is 38.3 Å². The number of carboxylic acid groups (broad SMARTS) is 1. The number of benzene rings is 3. The lowest BCUT2D eigenvalue weighted by molar-refractivity contribution is -0.128. The normalized spacial score (nSPS) is 26.0. The molecule has 6 aromatic rings. The van der Waals surface area contributed by atoms with Gasteiger partial charge in [-0.25, -0.2) is 18.0 Å². The summed E-state index contributed by atoms with van der Waals surface area (Å²) in [4.78, 5) is 78.4. The van der Waals surface area contributed by atoms with Gasteiger partial charge in [-0.15, -0.1) is 0 Å². The van der Waals surface area contributed by atoms with Crippen molar-refractivity contribution >= 4 is 121 Å². The fourth-order valence-electron chi connectivity index (χ4n) is 22.5. The first kappa shape index (κ1) is 102. The van der Waals surface area contributed by atoms with Crippen LogP contribution in [0.4, 0.5) is 13.2 Å². The van der Waals surface area contributed by atoms with E-state index in [4.69, 9.17) is 83.6 Å². The van der Waals surface area contributed by atoms with Crippen LogP contribution in [0.15, 0.2) is 73.2 Å². The molecule has 0 aliphatic heterocycles. The number of aliphatic hydroxyl groups is 1. The molecule has 9 aliphatic rings. The number of nitrogens with zero attached hydrogens (tertiary/aromatic N) is 8. The van der Waals surface area contributed by atoms with E-state index in [1.165, 1.54) is 23.9 Å². The molecule has 18 nitrogen and oxygen atoms in total. The lowest BCUT2D eigenvalue weighted by Gasteiger charge is -2.45. The molecule has 9 aliphatic carbocycles. The van der Waals surface area contributed by atoms with Crippen molar-refractivity contribution in [3.63, 3.8) is 0 Å². The van der Waals surface area contributed by atoms with Crippen molar-refractivity contribution in [2.24, 2.45) is 32.5 Å². The summed E-state index contributed by atoms with van der Waals surface area (Å²) in [7, 11) is -4.02. The van der Waals surface area contributed by atoms with Gasteiger partial charge >= 0.3 is 5.97 Å². The van der Waals surface area contributed by atoms with Gasteiger partial charge in [0.15, 0.2) is 16.6 Å². The smallest absolute Gasteiger partial charge is 0.339 e. The van der Waals surface area contributed by atoms with Gasteiger partial charge in [0.05, 0.1) is 98.0 Å². The quantitative estimate of drug-likeness (QED) is 0.0359. The van der Waals surface area contributed by atoms with Gasteiger partial charge < -0.3 is 28.9 Å². The zero-order valence-electron chi connectivity index (χ0n) is 78.7. The maximum Gasteiger partial charge on any atom is 0.339 e. The number of rotatable bonds is 34. The molecule has 2 N–H and O–H groups in total. The number of carbonyl (C=O) groups is 6. The van der Waals surface area contributed by atoms with Crippen LogP contribution in [-0.4, -0.2) is 144 Å². The standard InChI is InChI=1S/C35H50Cl2FN3O3Si.C29H36Cl2FN3O3.C22H33Cl2FOSi.C14H20N2O3/c1-7-45(8-2,9-3)44-30(31-28(36)11-10-12-29(31)37)20-40(23-35(38)21-34(22-35)17-18-34)32(43)27-19-39-41(24(27)4)26-13-15-33(6,16-14-26)25(5)42;1-18-21(13-33-35(18)20-7-9-27(3,10-8-20)19(2)36)26(38)34(17-29(32)15-28(16-29)11-12-28)14-24(37)25-22(30)5-4-6-23(25)31;1-4-27(5-2,6-3)26-19(20-17(23)9-7-10-18(20)24)11-8-12-22(25)15-21(16-22)13-14-21;1-9-12(13(18)19)8-15-16(9)11-4-6-14(3,7-5-11)10(2)17/h10-12,19,26,30H,7-9,13-18,20-23H2,1-6H3;4-6,13,20,24,37H,7-12,14-17H2,1-3H3;7,9-10,19H,4-6,8,11-16H2,1-3H3;8,11H,4-7H2,1-3H3,(H,18,19). The maximum absolute atomic E-state index is 16.3. The van der Waals surface area contributed by atoms with Gasteiger partial charge in [0.1, 0.15) is 39.9 Å². The summed E-state index contributed by atoms with van der Waals surface area (Å²) in [5.74, 6) is -0.867. The average molecular weight is 1940 g/mol. The van der Waals surface area contributed by atoms with Crippen LogP contribution >= 0.6 is 69.6 Å². The first-order chi connectivity index (χ1) is 60.7. The summed E-state index contributed by atoms with van der Waals surface area (Å²) >= 11 is 39.2. The molecule has 3 heterocycles. The Kier molecular flexibility index (Phi) is 32.5. The second-order valence-corrected chi connectivity index (χ2v) is 53.4. The highest BCUT2D eigenvalue weighted by atomic mass is 35.5. The molecule has 3 spiro atoms. The van der Waals surface area contributed by atoms with Gasteiger partial charge in [-0.2, -0.15) is 15.3 Å². The second kappa shape index (κ2) is 40.8. The van der Waals surface area contributed by atoms with Gasteiger partial charge in [0.25, 0.3) is 11.8 Å². The Morgan fingerprint density at radius 3 is 1.02 bits per heavy atom. The predicted octanol–water partition coefficient (Wildman–Crippen LogP) is 27.5. The third kappa shape index (κ3) is 23.1. The number of hydrogen-bond donors (Lipinski definition) is 2. The fourth-order valence-corrected chi connectivity index (χ4v) is 30.0. The number of alkyl halides is 3. The lowest BCUT2D eigenvalue weighted by Crippen LogP contribution is -2.53. The zero-order chi connectivity index (χ0) is 94.2. The Morgan fingerprint density at radius 2 is 0.721 bits per heavy atom. The number of aliphatic hydroxyl groups excluding tert-OH is 1. The van der Waals surface area contributed by atoms with E-state index in [2.05, 4.69) is 56.8 Å². The molecular weight excluding hydrogens is 1800 g/mol. The molecule has 15 rings (SSSR count). The summed E-state index contributed by atoms with van der Waals surface area (Å²) in [5.41, 5.74) is 1.19. The third-order valence-electron chi connectivity index (χ3n) is 32.6. The number of Topliss-reactive ketones (excluding diaryl/α,β-unsaturated/α-hetero) is 3. The van der Waals surface area contributed by atoms with Crippen LogP contribution in [0.5, 0.6) is 0 Å². The Labute approximate surface area is 795 Å². The van der Waals surface area contributed by atoms with E-state index in [1.807, 2.05) is 66.9 Å². The van der Waals surface area contributed by atoms with Crippen molar-refractivity contribution in [3.8, 4) is 0 Å². The fraction of sp³-hybridized carbons (Fsp3) is 0.670. The molecule has 710 valence electrons. The molecule has 0 bridgehead atoms. The largest absolute Gasteiger partial charge is 0.478 e. The van der Waals surface area contributed by atoms with Crippen molar-refractivity contribution in [2.75, 3.05) is 26.2 Å². The van der Waals surface area contributed by atoms with Gasteiger partial charge in [0.2, 0.25) is 0 Å². The van der Waals surface area contributed by atoms with Crippen LogP contribution in [0.25, 0.3) is 0 Å². The van der Waals surface area contributed by atoms with E-state index < -0.39 is 51.8 Å². The molecule has 3 unspecified atom stereocenters. The molecular formula is C100H139Cl6F3N8O10Si2. The molecule has 9 fully saturated rings. The number of carboxylic acids is 1. The molecule has 0 saturated heterocycles. The molecule has 2 amide bonds. The average Bonchev–Trinajstić information content (AvgIpc) is 1.58. The number of aromatic nitrogens is 6. The molecule has 0 radical (unpaired) electrons. The van der Waals surface area contributed by atoms with Crippen LogP contribution in [-0.2, 0) is 23.2 Å². The molecule has 29 heteroatoms. The van der Waals surface area contributed by atoms with E-state index in [-0.39, 0.29) is 112 Å². The summed E-state index contributed by atoms with van der Waals surface area (Å²) < 4.78 is 66.4. The predicted molar refractivity (Wildman–Crippen MR) is 513 cm³/mol. The van der Waals surface area contributed by atoms with Crippen molar-refractivity contribution in [1.82, 2.24) is 39.1 Å². The number of ketones is 3. The first-order valence-corrected chi connectivity index (χ1v) is 54.9. The Balaban J connectivity index is 0.000000163. The molecule has 3 aromatic heterocycles. The monoisotopic (exact) mass is 1930 g/mol. The van der Waals surface area contributed by atoms with Crippen molar-refractivity contribution in [3.05, 3.63) is 154 Å². The van der Waals surface area contributed by atoms with Crippen molar-refractivity contribution in [1.29, 1.82) is 0 Å². The van der Waals surface area contributed by atoms with Crippen molar-refractivity contribution < 1.29 is 61.0 Å². The van der Waals surface area contributed by atoms with Crippen LogP contribution in [0.1, 0.15) is 358 Å². The van der Waals surface area contributed by atoms with Gasteiger partial charge in [0, 0.05) is 74.5 Å². The summed E-state index contributed by atoms with van der Waals surface area (Å²) in [6.45, 7) is 29.7. The number of aromatic carboxylic acids is 1. The highest BCUT2D eigenvalue weighted by molar-refractivity contribution is 6.74. The topological polar surface area (TPSA) is 221 Å². The molecule has 3 aromatic carbocycles. The van der Waals surface area contributed by atoms with Crippen LogP contribution in [0, 0.1) is 53.3 Å². The lowest BCUT2D eigenvalue weighted by atomic mass is 9.67. The SMILES string of the molecule is CC(=O)C1(C)CCC(n2ncc(C(=O)N(CC(O)c3c(Cl)cccc3Cl)CC3(F)CC4(CC4)C3)c2C)CC1.CC(=O)C1(C)CCC(n2ncc(C(=O)O)c2C)CC1.CC[Si](CC)(CC)OC(CCCC1(F)CC2(CC2)C1)c1c(Cl)cccc1Cl.CC[Si](CC)(CC)OC(CN(CC1(F)CC2(CC2)C1)C(=O)c1cnn(C2CCC(C)(C(C)=O)CC2)c1C)c1c(Cl)cccc1Cl. The number of amides is 2. The van der Waals surface area contributed by atoms with Gasteiger partial charge in [-0.3, -0.25) is 38.0 Å². The van der Waals surface area contributed by atoms with E-state index in [0.29, 0.717) is 101 Å². The Hall–Kier alpha value is -5.45. The van der Waals surface area contributed by atoms with E-state index in [0.717, 1.165) is 176 Å². The molecule has 3 atom stereocenters. The van der Waals surface area contributed by atoms with Gasteiger partial charge in [-0.1, -0.05) is 150 Å². The zero-order valence-corrected chi connectivity index (χ0v) is 85.2. The number of halogens is 9. The van der Waals surface area contributed by atoms with E-state index in [1.54, 1.807) is 81.4 Å². The summed E-state index contributed by atoms with van der Waals surface area (Å²) in [6, 6.07) is 22.4. The summed E-state index contributed by atoms with van der Waals surface area (Å²) in [5, 5.41) is 36.5. The maximum atomic E-state index is 16.3. The van der Waals surface area contributed by atoms with Crippen LogP contribution in [0.2, 0.25) is 66.4 Å². The minimum Gasteiger partial charge on any atom is -0.478 e. The highest BCUT2D eigenvalue weighted by Crippen LogP contribution is 2.69. The Morgan fingerprint density at radius 1 is 0.442 bits per heavy atom.